The molecule has 5 rings (SSSR count). The van der Waals surface area contributed by atoms with Crippen LogP contribution in [0.1, 0.15) is 41.5 Å². The van der Waals surface area contributed by atoms with Gasteiger partial charge in [0.2, 0.25) is 0 Å². The van der Waals surface area contributed by atoms with Crippen molar-refractivity contribution in [3.05, 3.63) is 101 Å². The largest absolute Gasteiger partial charge is 0.382 e. The number of rotatable bonds is 3. The summed E-state index contributed by atoms with van der Waals surface area (Å²) in [7, 11) is 0. The Bertz CT molecular complexity index is 1230. The van der Waals surface area contributed by atoms with Crippen LogP contribution in [0.4, 0.5) is 5.69 Å². The molecule has 0 fully saturated rings. The third-order valence-corrected chi connectivity index (χ3v) is 5.94. The molecule has 0 radical (unpaired) electrons. The first-order chi connectivity index (χ1) is 14.2. The van der Waals surface area contributed by atoms with Crippen LogP contribution in [0.2, 0.25) is 0 Å². The average molecular weight is 377 g/mol. The lowest BCUT2D eigenvalue weighted by molar-refractivity contribution is 0.615. The minimum absolute atomic E-state index is 0.400. The highest BCUT2D eigenvalue weighted by Gasteiger charge is 2.25. The fourth-order valence-corrected chi connectivity index (χ4v) is 4.54. The Labute approximate surface area is 171 Å². The van der Waals surface area contributed by atoms with Crippen LogP contribution >= 0.6 is 0 Å². The van der Waals surface area contributed by atoms with Gasteiger partial charge in [-0.25, -0.2) is 0 Å². The lowest BCUT2D eigenvalue weighted by atomic mass is 9.82. The van der Waals surface area contributed by atoms with E-state index < -0.39 is 0 Å². The first-order valence-electron chi connectivity index (χ1n) is 10.1. The van der Waals surface area contributed by atoms with Crippen LogP contribution in [0.3, 0.4) is 0 Å². The highest BCUT2D eigenvalue weighted by Crippen LogP contribution is 2.39. The first kappa shape index (κ1) is 17.6. The molecule has 0 spiro atoms. The summed E-state index contributed by atoms with van der Waals surface area (Å²) in [5, 5.41) is 14.0. The molecule has 1 aliphatic heterocycles. The Kier molecular flexibility index (Phi) is 4.33. The Morgan fingerprint density at radius 1 is 1.03 bits per heavy atom. The predicted octanol–water partition coefficient (Wildman–Crippen LogP) is 5.90. The van der Waals surface area contributed by atoms with Crippen molar-refractivity contribution in [2.24, 2.45) is 0 Å². The van der Waals surface area contributed by atoms with Gasteiger partial charge in [0.1, 0.15) is 0 Å². The summed E-state index contributed by atoms with van der Waals surface area (Å²) in [4.78, 5) is 0. The molecule has 0 saturated carbocycles. The van der Waals surface area contributed by atoms with Crippen LogP contribution < -0.4 is 5.32 Å². The molecule has 29 heavy (non-hydrogen) atoms. The van der Waals surface area contributed by atoms with Gasteiger partial charge in [0, 0.05) is 35.9 Å². The monoisotopic (exact) mass is 377 g/mol. The van der Waals surface area contributed by atoms with E-state index in [0.717, 1.165) is 18.5 Å². The van der Waals surface area contributed by atoms with Gasteiger partial charge in [0.05, 0.1) is 11.6 Å². The molecule has 1 N–H and O–H groups in total. The molecule has 3 nitrogen and oxygen atoms in total. The standard InChI is InChI=1S/C26H23N3/c1-18-13-24(23-7-2-3-8-25(23)28-18)22-10-9-21-11-12-29(26(21)15-22)17-20-6-4-5-19(14-20)16-27/h2-12,14-15,18,24,28H,13,17H2,1H3. The van der Waals surface area contributed by atoms with Crippen molar-refractivity contribution in [2.75, 3.05) is 5.32 Å². The molecule has 0 bridgehead atoms. The Morgan fingerprint density at radius 2 is 1.93 bits per heavy atom. The van der Waals surface area contributed by atoms with Crippen LogP contribution in [-0.4, -0.2) is 10.6 Å². The van der Waals surface area contributed by atoms with Gasteiger partial charge in [-0.3, -0.25) is 0 Å². The first-order valence-corrected chi connectivity index (χ1v) is 10.1. The number of nitrogens with one attached hydrogen (secondary N) is 1. The zero-order valence-electron chi connectivity index (χ0n) is 16.5. The normalized spacial score (nSPS) is 18.1. The van der Waals surface area contributed by atoms with E-state index in [1.165, 1.54) is 27.7 Å². The van der Waals surface area contributed by atoms with E-state index in [1.807, 2.05) is 18.2 Å². The number of fused-ring (bicyclic) bond motifs is 2. The third-order valence-electron chi connectivity index (χ3n) is 5.94. The topological polar surface area (TPSA) is 40.8 Å². The molecule has 0 amide bonds. The van der Waals surface area contributed by atoms with Crippen molar-refractivity contribution in [1.29, 1.82) is 5.26 Å². The van der Waals surface area contributed by atoms with Crippen LogP contribution in [0.5, 0.6) is 0 Å². The molecular weight excluding hydrogens is 354 g/mol. The zero-order valence-corrected chi connectivity index (χ0v) is 16.5. The summed E-state index contributed by atoms with van der Waals surface area (Å²) >= 11 is 0. The average Bonchev–Trinajstić information content (AvgIpc) is 3.15. The smallest absolute Gasteiger partial charge is 0.0991 e. The van der Waals surface area contributed by atoms with Gasteiger partial charge >= 0.3 is 0 Å². The van der Waals surface area contributed by atoms with E-state index >= 15 is 0 Å². The van der Waals surface area contributed by atoms with E-state index in [1.54, 1.807) is 0 Å². The molecule has 3 aromatic carbocycles. The molecular formula is C26H23N3. The molecule has 2 heterocycles. The maximum absolute atomic E-state index is 9.18. The highest BCUT2D eigenvalue weighted by molar-refractivity contribution is 5.81. The molecule has 2 unspecified atom stereocenters. The van der Waals surface area contributed by atoms with Crippen molar-refractivity contribution >= 4 is 16.6 Å². The van der Waals surface area contributed by atoms with Gasteiger partial charge < -0.3 is 9.88 Å². The van der Waals surface area contributed by atoms with Gasteiger partial charge in [0.25, 0.3) is 0 Å². The van der Waals surface area contributed by atoms with E-state index in [4.69, 9.17) is 0 Å². The van der Waals surface area contributed by atoms with E-state index in [0.29, 0.717) is 17.5 Å². The van der Waals surface area contributed by atoms with Gasteiger partial charge in [0.15, 0.2) is 0 Å². The minimum atomic E-state index is 0.400. The lowest BCUT2D eigenvalue weighted by Gasteiger charge is -2.31. The van der Waals surface area contributed by atoms with E-state index in [-0.39, 0.29) is 0 Å². The lowest BCUT2D eigenvalue weighted by Crippen LogP contribution is -2.25. The van der Waals surface area contributed by atoms with Crippen molar-refractivity contribution in [3.63, 3.8) is 0 Å². The van der Waals surface area contributed by atoms with Crippen LogP contribution in [-0.2, 0) is 6.54 Å². The second-order valence-corrected chi connectivity index (χ2v) is 7.99. The van der Waals surface area contributed by atoms with Gasteiger partial charge in [-0.15, -0.1) is 0 Å². The highest BCUT2D eigenvalue weighted by atomic mass is 15.0. The number of hydrogen-bond acceptors (Lipinski definition) is 2. The molecule has 0 aliphatic carbocycles. The SMILES string of the molecule is CC1CC(c2ccc3ccn(Cc4cccc(C#N)c4)c3c2)c2ccccc2N1. The summed E-state index contributed by atoms with van der Waals surface area (Å²) in [6, 6.07) is 28.3. The van der Waals surface area contributed by atoms with Crippen LogP contribution in [0.15, 0.2) is 79.0 Å². The quantitative estimate of drug-likeness (QED) is 0.483. The maximum atomic E-state index is 9.18. The second kappa shape index (κ2) is 7.14. The predicted molar refractivity (Wildman–Crippen MR) is 118 cm³/mol. The third kappa shape index (κ3) is 3.28. The van der Waals surface area contributed by atoms with Gasteiger partial charge in [-0.05, 0) is 65.8 Å². The second-order valence-electron chi connectivity index (χ2n) is 7.99. The summed E-state index contributed by atoms with van der Waals surface area (Å²) in [6.45, 7) is 3.02. The van der Waals surface area contributed by atoms with Crippen LogP contribution in [0.25, 0.3) is 10.9 Å². The zero-order chi connectivity index (χ0) is 19.8. The fourth-order valence-electron chi connectivity index (χ4n) is 4.54. The fraction of sp³-hybridized carbons (Fsp3) is 0.192. The maximum Gasteiger partial charge on any atom is 0.0991 e. The molecule has 2 atom stereocenters. The number of aromatic nitrogens is 1. The Hall–Kier alpha value is -3.51. The summed E-state index contributed by atoms with van der Waals surface area (Å²) in [5.74, 6) is 0.400. The molecule has 0 saturated heterocycles. The van der Waals surface area contributed by atoms with Crippen molar-refractivity contribution in [2.45, 2.75) is 31.8 Å². The van der Waals surface area contributed by atoms with E-state index in [2.05, 4.69) is 83.7 Å². The van der Waals surface area contributed by atoms with Gasteiger partial charge in [-0.1, -0.05) is 42.5 Å². The molecule has 4 aromatic rings. The number of hydrogen-bond donors (Lipinski definition) is 1. The van der Waals surface area contributed by atoms with E-state index in [9.17, 15) is 5.26 Å². The molecule has 3 heteroatoms. The number of nitriles is 1. The summed E-state index contributed by atoms with van der Waals surface area (Å²) < 4.78 is 2.28. The number of anilines is 1. The Balaban J connectivity index is 1.54. The van der Waals surface area contributed by atoms with Crippen molar-refractivity contribution in [3.8, 4) is 6.07 Å². The Morgan fingerprint density at radius 3 is 2.83 bits per heavy atom. The van der Waals surface area contributed by atoms with Crippen molar-refractivity contribution in [1.82, 2.24) is 4.57 Å². The van der Waals surface area contributed by atoms with Gasteiger partial charge in [-0.2, -0.15) is 5.26 Å². The summed E-state index contributed by atoms with van der Waals surface area (Å²) in [6.07, 6.45) is 3.24. The van der Waals surface area contributed by atoms with Crippen molar-refractivity contribution < 1.29 is 0 Å². The number of para-hydroxylation sites is 1. The molecule has 142 valence electrons. The number of benzene rings is 3. The number of nitrogens with zero attached hydrogens (tertiary/aromatic N) is 2. The van der Waals surface area contributed by atoms with Crippen LogP contribution in [0, 0.1) is 11.3 Å². The molecule has 1 aliphatic rings. The molecule has 1 aromatic heterocycles. The minimum Gasteiger partial charge on any atom is -0.382 e. The summed E-state index contributed by atoms with van der Waals surface area (Å²) in [5.41, 5.74) is 7.09.